The molecule has 16 heavy (non-hydrogen) atoms. The summed E-state index contributed by atoms with van der Waals surface area (Å²) in [7, 11) is 0. The molecule has 0 aliphatic carbocycles. The minimum atomic E-state index is -4.46. The Hall–Kier alpha value is -1.55. The van der Waals surface area contributed by atoms with Gasteiger partial charge < -0.3 is 5.32 Å². The highest BCUT2D eigenvalue weighted by atomic mass is 19.4. The highest BCUT2D eigenvalue weighted by molar-refractivity contribution is 4.89. The van der Waals surface area contributed by atoms with Crippen molar-refractivity contribution in [2.75, 3.05) is 13.1 Å². The van der Waals surface area contributed by atoms with Crippen LogP contribution in [0.15, 0.2) is 18.5 Å². The number of nitrogens with one attached hydrogen (secondary N) is 1. The Morgan fingerprint density at radius 2 is 2.25 bits per heavy atom. The van der Waals surface area contributed by atoms with E-state index in [1.807, 2.05) is 0 Å². The van der Waals surface area contributed by atoms with E-state index in [1.165, 1.54) is 6.07 Å². The molecule has 7 heteroatoms. The maximum atomic E-state index is 12.1. The fraction of sp³-hybridized carbons (Fsp3) is 0.556. The van der Waals surface area contributed by atoms with Crippen molar-refractivity contribution in [1.82, 2.24) is 15.1 Å². The fourth-order valence-corrected chi connectivity index (χ4v) is 1.11. The standard InChI is InChI=1S/C9H11F3N4/c10-9(11,12)8(6-13)7-14-3-5-16-4-1-2-15-16/h1-2,4,8,14H,3,5,7H2. The van der Waals surface area contributed by atoms with Crippen molar-refractivity contribution < 1.29 is 13.2 Å². The molecule has 0 bridgehead atoms. The van der Waals surface area contributed by atoms with Gasteiger partial charge in [0.2, 0.25) is 0 Å². The minimum Gasteiger partial charge on any atom is -0.313 e. The number of hydrogen-bond acceptors (Lipinski definition) is 3. The third-order valence-corrected chi connectivity index (χ3v) is 1.98. The van der Waals surface area contributed by atoms with Crippen molar-refractivity contribution in [3.8, 4) is 6.07 Å². The first-order valence-corrected chi connectivity index (χ1v) is 4.68. The SMILES string of the molecule is N#CC(CNCCn1cccn1)C(F)(F)F. The lowest BCUT2D eigenvalue weighted by Crippen LogP contribution is -2.34. The van der Waals surface area contributed by atoms with Gasteiger partial charge in [0.1, 0.15) is 0 Å². The second-order valence-corrected chi connectivity index (χ2v) is 3.20. The van der Waals surface area contributed by atoms with E-state index >= 15 is 0 Å². The lowest BCUT2D eigenvalue weighted by Gasteiger charge is -2.13. The molecular weight excluding hydrogens is 221 g/mol. The van der Waals surface area contributed by atoms with Gasteiger partial charge in [0.05, 0.1) is 12.6 Å². The van der Waals surface area contributed by atoms with Gasteiger partial charge in [-0.3, -0.25) is 4.68 Å². The second-order valence-electron chi connectivity index (χ2n) is 3.20. The first-order valence-electron chi connectivity index (χ1n) is 4.68. The van der Waals surface area contributed by atoms with Gasteiger partial charge in [-0.15, -0.1) is 0 Å². The molecule has 4 nitrogen and oxygen atoms in total. The average molecular weight is 232 g/mol. The van der Waals surface area contributed by atoms with Gasteiger partial charge in [-0.1, -0.05) is 0 Å². The van der Waals surface area contributed by atoms with Gasteiger partial charge >= 0.3 is 6.18 Å². The van der Waals surface area contributed by atoms with E-state index in [0.717, 1.165) is 0 Å². The molecule has 0 radical (unpaired) electrons. The van der Waals surface area contributed by atoms with Crippen LogP contribution in [0.2, 0.25) is 0 Å². The fourth-order valence-electron chi connectivity index (χ4n) is 1.11. The number of alkyl halides is 3. The Morgan fingerprint density at radius 3 is 2.75 bits per heavy atom. The van der Waals surface area contributed by atoms with Crippen LogP contribution in [0.3, 0.4) is 0 Å². The number of nitrogens with zero attached hydrogens (tertiary/aromatic N) is 3. The Kier molecular flexibility index (Phi) is 4.31. The maximum Gasteiger partial charge on any atom is 0.405 e. The van der Waals surface area contributed by atoms with Crippen molar-refractivity contribution in [1.29, 1.82) is 5.26 Å². The van der Waals surface area contributed by atoms with Gasteiger partial charge in [0, 0.05) is 25.5 Å². The normalized spacial score (nSPS) is 13.4. The molecule has 0 aromatic carbocycles. The van der Waals surface area contributed by atoms with Gasteiger partial charge in [0.15, 0.2) is 5.92 Å². The van der Waals surface area contributed by atoms with Crippen LogP contribution >= 0.6 is 0 Å². The van der Waals surface area contributed by atoms with Crippen molar-refractivity contribution in [2.24, 2.45) is 5.92 Å². The lowest BCUT2D eigenvalue weighted by molar-refractivity contribution is -0.157. The summed E-state index contributed by atoms with van der Waals surface area (Å²) in [5.74, 6) is -1.95. The van der Waals surface area contributed by atoms with Gasteiger partial charge in [-0.05, 0) is 6.07 Å². The molecule has 0 spiro atoms. The molecule has 1 heterocycles. The van der Waals surface area contributed by atoms with E-state index in [-0.39, 0.29) is 6.54 Å². The second kappa shape index (κ2) is 5.51. The van der Waals surface area contributed by atoms with Crippen LogP contribution in [-0.4, -0.2) is 29.0 Å². The quantitative estimate of drug-likeness (QED) is 0.775. The summed E-state index contributed by atoms with van der Waals surface area (Å²) < 4.78 is 38.0. The van der Waals surface area contributed by atoms with Crippen LogP contribution in [0.5, 0.6) is 0 Å². The highest BCUT2D eigenvalue weighted by Gasteiger charge is 2.39. The summed E-state index contributed by atoms with van der Waals surface area (Å²) in [6.07, 6.45) is -1.16. The average Bonchev–Trinajstić information content (AvgIpc) is 2.68. The number of nitriles is 1. The maximum absolute atomic E-state index is 12.1. The van der Waals surface area contributed by atoms with Crippen LogP contribution in [0.1, 0.15) is 0 Å². The Labute approximate surface area is 90.7 Å². The van der Waals surface area contributed by atoms with Crippen LogP contribution in [0, 0.1) is 17.2 Å². The molecule has 1 aromatic heterocycles. The van der Waals surface area contributed by atoms with Crippen LogP contribution in [0.25, 0.3) is 0 Å². The number of hydrogen-bond donors (Lipinski definition) is 1. The van der Waals surface area contributed by atoms with Crippen LogP contribution in [0.4, 0.5) is 13.2 Å². The smallest absolute Gasteiger partial charge is 0.313 e. The summed E-state index contributed by atoms with van der Waals surface area (Å²) in [6, 6.07) is 2.96. The van der Waals surface area contributed by atoms with E-state index in [1.54, 1.807) is 23.1 Å². The summed E-state index contributed by atoms with van der Waals surface area (Å²) in [5, 5.41) is 14.8. The Morgan fingerprint density at radius 1 is 1.50 bits per heavy atom. The zero-order valence-electron chi connectivity index (χ0n) is 8.41. The molecule has 1 N–H and O–H groups in total. The first kappa shape index (κ1) is 12.5. The zero-order valence-corrected chi connectivity index (χ0v) is 8.41. The largest absolute Gasteiger partial charge is 0.405 e. The summed E-state index contributed by atoms with van der Waals surface area (Å²) in [5.41, 5.74) is 0. The molecule has 1 atom stereocenters. The topological polar surface area (TPSA) is 53.6 Å². The van der Waals surface area contributed by atoms with E-state index in [4.69, 9.17) is 5.26 Å². The number of aromatic nitrogens is 2. The molecule has 0 amide bonds. The molecule has 0 aliphatic heterocycles. The molecule has 88 valence electrons. The van der Waals surface area contributed by atoms with Crippen molar-refractivity contribution >= 4 is 0 Å². The van der Waals surface area contributed by atoms with E-state index in [2.05, 4.69) is 10.4 Å². The highest BCUT2D eigenvalue weighted by Crippen LogP contribution is 2.24. The van der Waals surface area contributed by atoms with Crippen molar-refractivity contribution in [2.45, 2.75) is 12.7 Å². The lowest BCUT2D eigenvalue weighted by atomic mass is 10.1. The molecule has 0 saturated carbocycles. The zero-order chi connectivity index (χ0) is 12.0. The molecule has 1 rings (SSSR count). The van der Waals surface area contributed by atoms with E-state index in [9.17, 15) is 13.2 Å². The third-order valence-electron chi connectivity index (χ3n) is 1.98. The summed E-state index contributed by atoms with van der Waals surface area (Å²) in [4.78, 5) is 0. The molecule has 0 fully saturated rings. The molecular formula is C9H11F3N4. The van der Waals surface area contributed by atoms with Gasteiger partial charge in [-0.2, -0.15) is 23.5 Å². The van der Waals surface area contributed by atoms with E-state index < -0.39 is 12.1 Å². The van der Waals surface area contributed by atoms with Crippen molar-refractivity contribution in [3.63, 3.8) is 0 Å². The first-order chi connectivity index (χ1) is 7.54. The van der Waals surface area contributed by atoms with Crippen LogP contribution < -0.4 is 5.32 Å². The molecule has 0 saturated heterocycles. The summed E-state index contributed by atoms with van der Waals surface area (Å²) in [6.45, 7) is 0.431. The van der Waals surface area contributed by atoms with E-state index in [0.29, 0.717) is 13.1 Å². The number of rotatable bonds is 5. The third kappa shape index (κ3) is 3.90. The van der Waals surface area contributed by atoms with Crippen molar-refractivity contribution in [3.05, 3.63) is 18.5 Å². The van der Waals surface area contributed by atoms with Gasteiger partial charge in [-0.25, -0.2) is 0 Å². The van der Waals surface area contributed by atoms with Crippen LogP contribution in [-0.2, 0) is 6.54 Å². The minimum absolute atomic E-state index is 0.343. The molecule has 0 aliphatic rings. The Bertz CT molecular complexity index is 339. The molecule has 1 aromatic rings. The predicted octanol–water partition coefficient (Wildman–Crippen LogP) is 1.17. The predicted molar refractivity (Wildman–Crippen MR) is 50.3 cm³/mol. The number of halogens is 3. The van der Waals surface area contributed by atoms with Gasteiger partial charge in [0.25, 0.3) is 0 Å². The molecule has 1 unspecified atom stereocenters. The Balaban J connectivity index is 2.22. The summed E-state index contributed by atoms with van der Waals surface area (Å²) >= 11 is 0. The monoisotopic (exact) mass is 232 g/mol.